The van der Waals surface area contributed by atoms with E-state index < -0.39 is 5.60 Å². The number of hydrogen-bond donors (Lipinski definition) is 2. The molecular weight excluding hydrogens is 366 g/mol. The van der Waals surface area contributed by atoms with Gasteiger partial charge in [-0.05, 0) is 67.6 Å². The van der Waals surface area contributed by atoms with Crippen LogP contribution < -0.4 is 5.73 Å². The molecule has 0 bridgehead atoms. The van der Waals surface area contributed by atoms with Gasteiger partial charge >= 0.3 is 5.97 Å². The average Bonchev–Trinajstić information content (AvgIpc) is 2.97. The molecule has 0 aromatic rings. The topological polar surface area (TPSA) is 89.6 Å². The predicted molar refractivity (Wildman–Crippen MR) is 111 cm³/mol. The van der Waals surface area contributed by atoms with Gasteiger partial charge in [0.05, 0.1) is 11.5 Å². The Labute approximate surface area is 175 Å². The van der Waals surface area contributed by atoms with E-state index in [9.17, 15) is 14.7 Å². The molecular formula is C24H39NO4. The van der Waals surface area contributed by atoms with Crippen molar-refractivity contribution in [3.05, 3.63) is 0 Å². The highest BCUT2D eigenvalue weighted by Crippen LogP contribution is 2.68. The van der Waals surface area contributed by atoms with E-state index in [0.717, 1.165) is 44.9 Å². The Morgan fingerprint density at radius 3 is 2.62 bits per heavy atom. The Balaban J connectivity index is 1.57. The number of aliphatic hydroxyl groups is 1. The molecule has 0 aliphatic heterocycles. The summed E-state index contributed by atoms with van der Waals surface area (Å²) in [6, 6.07) is 0. The number of nitrogens with two attached hydrogens (primary N) is 1. The maximum atomic E-state index is 12.7. The average molecular weight is 406 g/mol. The van der Waals surface area contributed by atoms with Crippen LogP contribution >= 0.6 is 0 Å². The molecule has 4 aliphatic rings. The normalized spacial score (nSPS) is 50.3. The predicted octanol–water partition coefficient (Wildman–Crippen LogP) is 3.47. The van der Waals surface area contributed by atoms with Crippen molar-refractivity contribution in [1.29, 1.82) is 0 Å². The summed E-state index contributed by atoms with van der Waals surface area (Å²) in [7, 11) is 0. The highest BCUT2D eigenvalue weighted by Gasteiger charge is 2.66. The third-order valence-electron chi connectivity index (χ3n) is 9.83. The molecule has 0 aromatic heterocycles. The Bertz CT molecular complexity index is 694. The van der Waals surface area contributed by atoms with Gasteiger partial charge in [-0.3, -0.25) is 9.59 Å². The Morgan fingerprint density at radius 1 is 1.21 bits per heavy atom. The van der Waals surface area contributed by atoms with Crippen LogP contribution in [0.2, 0.25) is 0 Å². The van der Waals surface area contributed by atoms with Crippen molar-refractivity contribution in [2.75, 3.05) is 6.54 Å². The van der Waals surface area contributed by atoms with Crippen LogP contribution in [0, 0.1) is 40.4 Å². The van der Waals surface area contributed by atoms with Gasteiger partial charge in [-0.1, -0.05) is 27.7 Å². The molecule has 5 heteroatoms. The summed E-state index contributed by atoms with van der Waals surface area (Å²) in [4.78, 5) is 24.9. The van der Waals surface area contributed by atoms with E-state index in [1.165, 1.54) is 0 Å². The van der Waals surface area contributed by atoms with Gasteiger partial charge in [0.25, 0.3) is 0 Å². The van der Waals surface area contributed by atoms with Crippen molar-refractivity contribution in [2.45, 2.75) is 90.8 Å². The number of fused-ring (bicyclic) bond motifs is 5. The third kappa shape index (κ3) is 3.02. The van der Waals surface area contributed by atoms with E-state index in [0.29, 0.717) is 35.9 Å². The molecule has 164 valence electrons. The molecule has 0 saturated heterocycles. The molecule has 4 aliphatic carbocycles. The minimum atomic E-state index is -0.806. The quantitative estimate of drug-likeness (QED) is 0.702. The van der Waals surface area contributed by atoms with Crippen LogP contribution in [0.25, 0.3) is 0 Å². The highest BCUT2D eigenvalue weighted by molar-refractivity contribution is 5.87. The molecule has 0 aromatic carbocycles. The van der Waals surface area contributed by atoms with Crippen molar-refractivity contribution in [1.82, 2.24) is 0 Å². The van der Waals surface area contributed by atoms with Gasteiger partial charge in [0.15, 0.2) is 0 Å². The number of ether oxygens (including phenoxy) is 1. The summed E-state index contributed by atoms with van der Waals surface area (Å²) in [5.41, 5.74) is 4.49. The number of esters is 1. The third-order valence-corrected chi connectivity index (χ3v) is 9.83. The van der Waals surface area contributed by atoms with E-state index in [-0.39, 0.29) is 35.4 Å². The lowest BCUT2D eigenvalue weighted by atomic mass is 9.41. The van der Waals surface area contributed by atoms with Gasteiger partial charge in [0.2, 0.25) is 0 Å². The summed E-state index contributed by atoms with van der Waals surface area (Å²) in [5.74, 6) is 1.72. The molecule has 0 spiro atoms. The van der Waals surface area contributed by atoms with Crippen LogP contribution in [0.3, 0.4) is 0 Å². The standard InChI is InChI=1S/C24H39NO4/c1-14-11-24(28)12-16(29-21(27)15(2)13-25)7-10-23(24,4)18-8-9-22(3)17(20(14)18)5-6-19(22)26/h14-18,20,28H,5-13,25H2,1-4H3/t14?,15?,16?,17-,18+,20-,22-,23+,24?/m0/s1. The summed E-state index contributed by atoms with van der Waals surface area (Å²) in [6.45, 7) is 8.83. The maximum Gasteiger partial charge on any atom is 0.310 e. The lowest BCUT2D eigenvalue weighted by Gasteiger charge is -2.65. The number of carbonyl (C=O) groups excluding carboxylic acids is 2. The molecule has 4 unspecified atom stereocenters. The van der Waals surface area contributed by atoms with Gasteiger partial charge in [-0.2, -0.15) is 0 Å². The fraction of sp³-hybridized carbons (Fsp3) is 0.917. The lowest BCUT2D eigenvalue weighted by molar-refractivity contribution is -0.235. The molecule has 0 heterocycles. The largest absolute Gasteiger partial charge is 0.462 e. The fourth-order valence-corrected chi connectivity index (χ4v) is 7.90. The molecule has 29 heavy (non-hydrogen) atoms. The molecule has 9 atom stereocenters. The maximum absolute atomic E-state index is 12.7. The Kier molecular flexibility index (Phi) is 5.18. The lowest BCUT2D eigenvalue weighted by Crippen LogP contribution is -2.65. The van der Waals surface area contributed by atoms with E-state index in [2.05, 4.69) is 20.8 Å². The van der Waals surface area contributed by atoms with E-state index >= 15 is 0 Å². The monoisotopic (exact) mass is 405 g/mol. The minimum Gasteiger partial charge on any atom is -0.462 e. The van der Waals surface area contributed by atoms with Crippen molar-refractivity contribution in [3.63, 3.8) is 0 Å². The zero-order valence-corrected chi connectivity index (χ0v) is 18.6. The molecule has 4 saturated carbocycles. The van der Waals surface area contributed by atoms with Crippen LogP contribution in [-0.2, 0) is 14.3 Å². The van der Waals surface area contributed by atoms with Crippen LogP contribution in [0.1, 0.15) is 79.1 Å². The first-order valence-corrected chi connectivity index (χ1v) is 11.7. The summed E-state index contributed by atoms with van der Waals surface area (Å²) >= 11 is 0. The van der Waals surface area contributed by atoms with Crippen molar-refractivity contribution >= 4 is 11.8 Å². The minimum absolute atomic E-state index is 0.146. The number of hydrogen-bond acceptors (Lipinski definition) is 5. The van der Waals surface area contributed by atoms with Crippen molar-refractivity contribution in [2.24, 2.45) is 46.2 Å². The zero-order valence-electron chi connectivity index (χ0n) is 18.6. The first kappa shape index (κ1) is 21.3. The molecule has 0 radical (unpaired) electrons. The molecule has 3 N–H and O–H groups in total. The van der Waals surface area contributed by atoms with E-state index in [4.69, 9.17) is 10.5 Å². The first-order valence-electron chi connectivity index (χ1n) is 11.7. The van der Waals surface area contributed by atoms with Gasteiger partial charge < -0.3 is 15.6 Å². The van der Waals surface area contributed by atoms with Crippen molar-refractivity contribution in [3.8, 4) is 0 Å². The summed E-state index contributed by atoms with van der Waals surface area (Å²) < 4.78 is 5.75. The number of rotatable bonds is 3. The molecule has 0 amide bonds. The van der Waals surface area contributed by atoms with Crippen LogP contribution in [0.4, 0.5) is 0 Å². The summed E-state index contributed by atoms with van der Waals surface area (Å²) in [5, 5.41) is 11.9. The number of carbonyl (C=O) groups is 2. The van der Waals surface area contributed by atoms with Gasteiger partial charge in [0.1, 0.15) is 11.9 Å². The van der Waals surface area contributed by atoms with Gasteiger partial charge in [-0.15, -0.1) is 0 Å². The Hall–Kier alpha value is -0.940. The van der Waals surface area contributed by atoms with Crippen molar-refractivity contribution < 1.29 is 19.4 Å². The molecule has 4 fully saturated rings. The van der Waals surface area contributed by atoms with Crippen LogP contribution in [0.15, 0.2) is 0 Å². The highest BCUT2D eigenvalue weighted by atomic mass is 16.5. The Morgan fingerprint density at radius 2 is 1.93 bits per heavy atom. The molecule has 4 rings (SSSR count). The van der Waals surface area contributed by atoms with Crippen LogP contribution in [0.5, 0.6) is 0 Å². The van der Waals surface area contributed by atoms with E-state index in [1.807, 2.05) is 0 Å². The first-order chi connectivity index (χ1) is 13.6. The number of Topliss-reactive ketones (excluding diaryl/α,β-unsaturated/α-hetero) is 1. The van der Waals surface area contributed by atoms with Gasteiger partial charge in [0, 0.05) is 24.8 Å². The van der Waals surface area contributed by atoms with Crippen LogP contribution in [-0.4, -0.2) is 35.1 Å². The van der Waals surface area contributed by atoms with E-state index in [1.54, 1.807) is 6.92 Å². The summed E-state index contributed by atoms with van der Waals surface area (Å²) in [6.07, 6.45) is 6.48. The van der Waals surface area contributed by atoms with Gasteiger partial charge in [-0.25, -0.2) is 0 Å². The fourth-order valence-electron chi connectivity index (χ4n) is 7.90. The SMILES string of the molecule is CC(CN)C(=O)OC1CC[C@]2(C)[C@@H]3CC[C@]4(C)C(=O)CC[C@H]4[C@@H]3C(C)CC2(O)C1. The molecule has 5 nitrogen and oxygen atoms in total. The second-order valence-electron chi connectivity index (χ2n) is 11.3. The smallest absolute Gasteiger partial charge is 0.310 e. The second kappa shape index (κ2) is 7.05. The number of ketones is 1. The second-order valence-corrected chi connectivity index (χ2v) is 11.3. The zero-order chi connectivity index (χ0) is 21.2.